The fourth-order valence-electron chi connectivity index (χ4n) is 3.84. The smallest absolute Gasteiger partial charge is 0.254 e. The maximum atomic E-state index is 13.0. The third-order valence-corrected chi connectivity index (χ3v) is 5.47. The number of carbonyl (C=O) groups excluding carboxylic acids is 1. The van der Waals surface area contributed by atoms with Crippen molar-refractivity contribution in [3.8, 4) is 22.6 Å². The van der Waals surface area contributed by atoms with Gasteiger partial charge in [0.25, 0.3) is 5.91 Å². The summed E-state index contributed by atoms with van der Waals surface area (Å²) in [6.07, 6.45) is 3.69. The fraction of sp³-hybridized carbons (Fsp3) is 0.273. The molecule has 1 amide bonds. The van der Waals surface area contributed by atoms with Crippen molar-refractivity contribution >= 4 is 5.91 Å². The van der Waals surface area contributed by atoms with E-state index in [-0.39, 0.29) is 23.3 Å². The highest BCUT2D eigenvalue weighted by molar-refractivity contribution is 5.95. The average Bonchev–Trinajstić information content (AvgIpc) is 3.22. The minimum Gasteiger partial charge on any atom is -0.508 e. The zero-order valence-electron chi connectivity index (χ0n) is 15.7. The lowest BCUT2D eigenvalue weighted by Gasteiger charge is -2.33. The number of aromatic hydroxyl groups is 2. The Morgan fingerprint density at radius 3 is 2.61 bits per heavy atom. The Hall–Kier alpha value is -3.28. The van der Waals surface area contributed by atoms with Gasteiger partial charge in [0.15, 0.2) is 0 Å². The minimum absolute atomic E-state index is 0.0724. The summed E-state index contributed by atoms with van der Waals surface area (Å²) in [7, 11) is 0. The van der Waals surface area contributed by atoms with Crippen LogP contribution in [0.4, 0.5) is 0 Å². The number of likely N-dealkylation sites (tertiary alicyclic amines) is 1. The number of hydrogen-bond donors (Lipinski definition) is 3. The van der Waals surface area contributed by atoms with Crippen LogP contribution in [0.3, 0.4) is 0 Å². The Balaban J connectivity index is 1.58. The second-order valence-corrected chi connectivity index (χ2v) is 7.29. The lowest BCUT2D eigenvalue weighted by Crippen LogP contribution is -2.39. The minimum atomic E-state index is -0.184. The maximum absolute atomic E-state index is 13.0. The van der Waals surface area contributed by atoms with Crippen molar-refractivity contribution in [2.45, 2.75) is 25.7 Å². The zero-order valence-corrected chi connectivity index (χ0v) is 15.7. The highest BCUT2D eigenvalue weighted by Gasteiger charge is 2.28. The number of piperidine rings is 1. The lowest BCUT2D eigenvalue weighted by atomic mass is 9.90. The molecule has 3 aromatic rings. The number of aromatic amines is 1. The summed E-state index contributed by atoms with van der Waals surface area (Å²) in [4.78, 5) is 14.7. The molecule has 0 saturated carbocycles. The van der Waals surface area contributed by atoms with Gasteiger partial charge in [0.1, 0.15) is 11.5 Å². The van der Waals surface area contributed by atoms with Gasteiger partial charge >= 0.3 is 0 Å². The van der Waals surface area contributed by atoms with Crippen molar-refractivity contribution in [3.63, 3.8) is 0 Å². The molecule has 4 rings (SSSR count). The number of H-pyrrole nitrogens is 1. The van der Waals surface area contributed by atoms with Crippen molar-refractivity contribution in [2.24, 2.45) is 0 Å². The third kappa shape index (κ3) is 3.33. The molecule has 144 valence electrons. The molecule has 2 aromatic carbocycles. The van der Waals surface area contributed by atoms with Crippen LogP contribution in [0.1, 0.15) is 40.4 Å². The Morgan fingerprint density at radius 2 is 1.89 bits per heavy atom. The molecule has 6 heteroatoms. The highest BCUT2D eigenvalue weighted by atomic mass is 16.3. The van der Waals surface area contributed by atoms with Crippen molar-refractivity contribution in [1.29, 1.82) is 0 Å². The number of hydrogen-bond acceptors (Lipinski definition) is 4. The molecule has 3 N–H and O–H groups in total. The molecule has 28 heavy (non-hydrogen) atoms. The van der Waals surface area contributed by atoms with Crippen LogP contribution in [0.15, 0.2) is 48.7 Å². The first-order valence-corrected chi connectivity index (χ1v) is 9.45. The molecule has 0 unspecified atom stereocenters. The number of nitrogens with zero attached hydrogens (tertiary/aromatic N) is 2. The predicted molar refractivity (Wildman–Crippen MR) is 106 cm³/mol. The molecule has 1 aliphatic rings. The summed E-state index contributed by atoms with van der Waals surface area (Å²) in [5.41, 5.74) is 3.87. The van der Waals surface area contributed by atoms with Crippen LogP contribution in [-0.2, 0) is 0 Å². The molecule has 1 aliphatic heterocycles. The van der Waals surface area contributed by atoms with Crippen molar-refractivity contribution in [3.05, 3.63) is 65.5 Å². The Bertz CT molecular complexity index is 974. The van der Waals surface area contributed by atoms with Crippen LogP contribution >= 0.6 is 0 Å². The van der Waals surface area contributed by atoms with Gasteiger partial charge in [-0.3, -0.25) is 9.89 Å². The van der Waals surface area contributed by atoms with Gasteiger partial charge < -0.3 is 15.1 Å². The summed E-state index contributed by atoms with van der Waals surface area (Å²) in [5, 5.41) is 27.3. The molecule has 1 fully saturated rings. The van der Waals surface area contributed by atoms with Gasteiger partial charge in [-0.1, -0.05) is 30.3 Å². The predicted octanol–water partition coefficient (Wildman–Crippen LogP) is 3.82. The van der Waals surface area contributed by atoms with Gasteiger partial charge in [0.2, 0.25) is 0 Å². The highest BCUT2D eigenvalue weighted by Crippen LogP contribution is 2.34. The zero-order chi connectivity index (χ0) is 19.7. The van der Waals surface area contributed by atoms with Crippen LogP contribution in [0.25, 0.3) is 11.1 Å². The molecular weight excluding hydrogens is 354 g/mol. The van der Waals surface area contributed by atoms with Crippen LogP contribution in [0.5, 0.6) is 11.5 Å². The number of phenolic OH excluding ortho intramolecular Hbond substituents is 2. The van der Waals surface area contributed by atoms with Gasteiger partial charge in [-0.2, -0.15) is 5.10 Å². The van der Waals surface area contributed by atoms with E-state index in [1.54, 1.807) is 11.8 Å². The SMILES string of the molecule is Cc1c(O)cc(C(=O)N2CCC[C@@H](c3[nH]ncc3-c3ccccc3)C2)cc1O. The van der Waals surface area contributed by atoms with Crippen molar-refractivity contribution < 1.29 is 15.0 Å². The van der Waals surface area contributed by atoms with Crippen LogP contribution in [0.2, 0.25) is 0 Å². The summed E-state index contributed by atoms with van der Waals surface area (Å²) in [5.74, 6) is -0.173. The second-order valence-electron chi connectivity index (χ2n) is 7.29. The van der Waals surface area contributed by atoms with Gasteiger partial charge in [-0.15, -0.1) is 0 Å². The van der Waals surface area contributed by atoms with E-state index in [1.807, 2.05) is 24.4 Å². The number of benzene rings is 2. The number of aromatic nitrogens is 2. The monoisotopic (exact) mass is 377 g/mol. The number of carbonyl (C=O) groups is 1. The largest absolute Gasteiger partial charge is 0.508 e. The van der Waals surface area contributed by atoms with E-state index in [1.165, 1.54) is 12.1 Å². The van der Waals surface area contributed by atoms with Crippen molar-refractivity contribution in [1.82, 2.24) is 15.1 Å². The molecule has 0 spiro atoms. The summed E-state index contributed by atoms with van der Waals surface area (Å²) >= 11 is 0. The van der Waals surface area contributed by atoms with E-state index in [2.05, 4.69) is 22.3 Å². The molecule has 1 saturated heterocycles. The van der Waals surface area contributed by atoms with Gasteiger partial charge in [-0.05, 0) is 37.5 Å². The number of phenols is 2. The van der Waals surface area contributed by atoms with Crippen LogP contribution in [-0.4, -0.2) is 44.3 Å². The Labute approximate surface area is 163 Å². The van der Waals surface area contributed by atoms with E-state index >= 15 is 0 Å². The van der Waals surface area contributed by atoms with E-state index < -0.39 is 0 Å². The Kier molecular flexibility index (Phi) is 4.77. The fourth-order valence-corrected chi connectivity index (χ4v) is 3.84. The van der Waals surface area contributed by atoms with Crippen LogP contribution in [0, 0.1) is 6.92 Å². The summed E-state index contributed by atoms with van der Waals surface area (Å²) in [6, 6.07) is 12.9. The molecule has 1 atom stereocenters. The molecule has 0 bridgehead atoms. The number of nitrogens with one attached hydrogen (secondary N) is 1. The lowest BCUT2D eigenvalue weighted by molar-refractivity contribution is 0.0705. The molecular formula is C22H23N3O3. The first kappa shape index (κ1) is 18.1. The molecule has 6 nitrogen and oxygen atoms in total. The summed E-state index contributed by atoms with van der Waals surface area (Å²) < 4.78 is 0. The maximum Gasteiger partial charge on any atom is 0.254 e. The average molecular weight is 377 g/mol. The number of rotatable bonds is 3. The first-order valence-electron chi connectivity index (χ1n) is 9.45. The van der Waals surface area contributed by atoms with E-state index in [0.717, 1.165) is 29.7 Å². The van der Waals surface area contributed by atoms with E-state index in [4.69, 9.17) is 0 Å². The topological polar surface area (TPSA) is 89.5 Å². The third-order valence-electron chi connectivity index (χ3n) is 5.47. The van der Waals surface area contributed by atoms with E-state index in [0.29, 0.717) is 24.2 Å². The van der Waals surface area contributed by atoms with Gasteiger partial charge in [0.05, 0.1) is 6.20 Å². The molecule has 0 aliphatic carbocycles. The van der Waals surface area contributed by atoms with Gasteiger partial charge in [-0.25, -0.2) is 0 Å². The molecule has 2 heterocycles. The van der Waals surface area contributed by atoms with E-state index in [9.17, 15) is 15.0 Å². The standard InChI is InChI=1S/C22H23N3O3/c1-14-19(26)10-17(11-20(14)27)22(28)25-9-5-8-16(13-25)21-18(12-23-24-21)15-6-3-2-4-7-15/h2-4,6-7,10-12,16,26-27H,5,8-9,13H2,1H3,(H,23,24)/t16-/m1/s1. The quantitative estimate of drug-likeness (QED) is 0.647. The van der Waals surface area contributed by atoms with Crippen LogP contribution < -0.4 is 0 Å². The summed E-state index contributed by atoms with van der Waals surface area (Å²) in [6.45, 7) is 2.83. The number of amides is 1. The van der Waals surface area contributed by atoms with Crippen molar-refractivity contribution in [2.75, 3.05) is 13.1 Å². The second kappa shape index (κ2) is 7.38. The van der Waals surface area contributed by atoms with Gasteiger partial charge in [0, 0.05) is 41.4 Å². The molecule has 1 aromatic heterocycles. The first-order chi connectivity index (χ1) is 13.5. The normalized spacial score (nSPS) is 16.9. The molecule has 0 radical (unpaired) electrons. The Morgan fingerprint density at radius 1 is 1.18 bits per heavy atom.